The summed E-state index contributed by atoms with van der Waals surface area (Å²) in [5.74, 6) is -5.17. The fourth-order valence-electron chi connectivity index (χ4n) is 4.85. The molecule has 0 bridgehead atoms. The lowest BCUT2D eigenvalue weighted by atomic mass is 9.93. The van der Waals surface area contributed by atoms with E-state index in [0.29, 0.717) is 9.81 Å². The van der Waals surface area contributed by atoms with Gasteiger partial charge in [-0.2, -0.15) is 0 Å². The molecule has 0 aliphatic carbocycles. The third-order valence-electron chi connectivity index (χ3n) is 6.24. The highest BCUT2D eigenvalue weighted by molar-refractivity contribution is 8.07. The van der Waals surface area contributed by atoms with Gasteiger partial charge in [-0.3, -0.25) is 28.3 Å². The van der Waals surface area contributed by atoms with E-state index in [0.717, 1.165) is 0 Å². The molecule has 1 aromatic rings. The average Bonchev–Trinajstić information content (AvgIpc) is 3.24. The van der Waals surface area contributed by atoms with Gasteiger partial charge in [0.1, 0.15) is 22.5 Å². The highest BCUT2D eigenvalue weighted by Crippen LogP contribution is 2.36. The number of aliphatic carboxylic acids is 2. The Balaban J connectivity index is 2.43. The monoisotopic (exact) mass is 486 g/mol. The molecule has 0 spiro atoms. The third kappa shape index (κ3) is 3.72. The van der Waals surface area contributed by atoms with Gasteiger partial charge >= 0.3 is 11.9 Å². The number of carbonyl (C=O) groups is 2. The largest absolute Gasteiger partial charge is 0.481 e. The number of carboxylic acids is 2. The lowest BCUT2D eigenvalue weighted by molar-refractivity contribution is -0.148. The number of hydrogen-bond acceptors (Lipinski definition) is 8. The summed E-state index contributed by atoms with van der Waals surface area (Å²) in [4.78, 5) is 52.1. The van der Waals surface area contributed by atoms with Gasteiger partial charge in [-0.05, 0) is 26.4 Å². The Kier molecular flexibility index (Phi) is 6.99. The Morgan fingerprint density at radius 1 is 0.812 bits per heavy atom. The topological polar surface area (TPSA) is 159 Å². The molecule has 176 valence electrons. The number of carboxylic acid groups (broad SMARTS) is 2. The van der Waals surface area contributed by atoms with Crippen molar-refractivity contribution >= 4 is 45.3 Å². The second-order valence-corrected chi connectivity index (χ2v) is 9.86. The van der Waals surface area contributed by atoms with Crippen LogP contribution in [0, 0.1) is 11.8 Å². The van der Waals surface area contributed by atoms with Crippen molar-refractivity contribution in [3.63, 3.8) is 0 Å². The van der Waals surface area contributed by atoms with Crippen molar-refractivity contribution in [2.24, 2.45) is 11.8 Å². The molecular weight excluding hydrogens is 460 g/mol. The van der Waals surface area contributed by atoms with Crippen LogP contribution in [0.4, 0.5) is 0 Å². The Labute approximate surface area is 191 Å². The second kappa shape index (κ2) is 9.08. The molecule has 4 N–H and O–H groups in total. The number of nitrogens with zero attached hydrogens (tertiary/aromatic N) is 2. The zero-order valence-electron chi connectivity index (χ0n) is 18.0. The molecule has 0 amide bonds. The van der Waals surface area contributed by atoms with Crippen LogP contribution in [-0.4, -0.2) is 66.2 Å². The molecule has 1 aromatic heterocycles. The van der Waals surface area contributed by atoms with Crippen LogP contribution in [0.25, 0.3) is 9.81 Å². The van der Waals surface area contributed by atoms with Gasteiger partial charge in [0.25, 0.3) is 11.1 Å². The van der Waals surface area contributed by atoms with Gasteiger partial charge in [0.15, 0.2) is 0 Å². The van der Waals surface area contributed by atoms with Crippen molar-refractivity contribution in [2.75, 3.05) is 12.5 Å². The van der Waals surface area contributed by atoms with Crippen LogP contribution < -0.4 is 21.8 Å². The lowest BCUT2D eigenvalue weighted by Crippen LogP contribution is -2.59. The molecule has 0 radical (unpaired) electrons. The minimum absolute atomic E-state index is 0.0187. The van der Waals surface area contributed by atoms with Gasteiger partial charge in [-0.1, -0.05) is 0 Å². The maximum absolute atomic E-state index is 13.7. The molecule has 3 heterocycles. The summed E-state index contributed by atoms with van der Waals surface area (Å²) in [6.07, 6.45) is 1.06. The molecule has 0 saturated carbocycles. The second-order valence-electron chi connectivity index (χ2n) is 8.05. The predicted octanol–water partition coefficient (Wildman–Crippen LogP) is -0.995. The van der Waals surface area contributed by atoms with Crippen molar-refractivity contribution in [1.29, 1.82) is 0 Å². The van der Waals surface area contributed by atoms with E-state index in [2.05, 4.69) is 0 Å². The third-order valence-corrected chi connectivity index (χ3v) is 7.94. The van der Waals surface area contributed by atoms with Crippen LogP contribution in [0.15, 0.2) is 9.59 Å². The summed E-state index contributed by atoms with van der Waals surface area (Å²) >= 11 is 2.42. The van der Waals surface area contributed by atoms with Crippen LogP contribution in [0.3, 0.4) is 0 Å². The zero-order valence-corrected chi connectivity index (χ0v) is 19.6. The van der Waals surface area contributed by atoms with Crippen LogP contribution in [0.5, 0.6) is 0 Å². The van der Waals surface area contributed by atoms with Crippen molar-refractivity contribution in [1.82, 2.24) is 9.13 Å². The van der Waals surface area contributed by atoms with E-state index in [1.807, 2.05) is 0 Å². The Morgan fingerprint density at radius 2 is 1.12 bits per heavy atom. The SMILES string of the molecule is CSC1=c2c(=O)n3c(c(=O)n2C(C(C(=O)O)C(C)O)C1)=C(SC)CC3C(C(=O)O)C(C)O. The minimum atomic E-state index is -1.31. The van der Waals surface area contributed by atoms with E-state index < -0.39 is 59.2 Å². The summed E-state index contributed by atoms with van der Waals surface area (Å²) < 4.78 is 2.34. The number of fused-ring (bicyclic) bond motifs is 2. The van der Waals surface area contributed by atoms with Gasteiger partial charge in [-0.25, -0.2) is 0 Å². The number of hydrogen-bond donors (Lipinski definition) is 4. The maximum Gasteiger partial charge on any atom is 0.311 e. The van der Waals surface area contributed by atoms with Gasteiger partial charge in [0.2, 0.25) is 0 Å². The molecule has 0 saturated heterocycles. The summed E-state index contributed by atoms with van der Waals surface area (Å²) in [6, 6.07) is -1.91. The molecule has 12 heteroatoms. The number of aromatic nitrogens is 2. The molecule has 32 heavy (non-hydrogen) atoms. The molecule has 6 atom stereocenters. The minimum Gasteiger partial charge on any atom is -0.481 e. The van der Waals surface area contributed by atoms with Crippen molar-refractivity contribution in [3.05, 3.63) is 31.4 Å². The van der Waals surface area contributed by atoms with E-state index in [1.54, 1.807) is 12.5 Å². The number of thioether (sulfide) groups is 2. The molecule has 2 aliphatic heterocycles. The van der Waals surface area contributed by atoms with E-state index in [1.165, 1.54) is 46.5 Å². The molecule has 6 unspecified atom stereocenters. The van der Waals surface area contributed by atoms with Crippen molar-refractivity contribution in [3.8, 4) is 0 Å². The van der Waals surface area contributed by atoms with E-state index in [4.69, 9.17) is 0 Å². The molecular formula is C20H26N2O8S2. The van der Waals surface area contributed by atoms with Gasteiger partial charge < -0.3 is 20.4 Å². The first-order valence-electron chi connectivity index (χ1n) is 10.0. The first-order chi connectivity index (χ1) is 15.0. The number of aliphatic hydroxyl groups excluding tert-OH is 2. The summed E-state index contributed by atoms with van der Waals surface area (Å²) in [6.45, 7) is 2.66. The van der Waals surface area contributed by atoms with Gasteiger partial charge in [-0.15, -0.1) is 23.5 Å². The first-order valence-corrected chi connectivity index (χ1v) is 12.5. The molecule has 3 rings (SSSR count). The van der Waals surface area contributed by atoms with Crippen LogP contribution in [-0.2, 0) is 9.59 Å². The van der Waals surface area contributed by atoms with E-state index >= 15 is 0 Å². The Hall–Kier alpha value is -2.02. The quantitative estimate of drug-likeness (QED) is 0.359. The highest BCUT2D eigenvalue weighted by atomic mass is 32.2. The number of aliphatic hydroxyl groups is 2. The Morgan fingerprint density at radius 3 is 1.34 bits per heavy atom. The Bertz CT molecular complexity index is 1110. The number of rotatable bonds is 8. The summed E-state index contributed by atoms with van der Waals surface area (Å²) in [5, 5.41) is 39.7. The zero-order chi connectivity index (χ0) is 24.1. The van der Waals surface area contributed by atoms with Gasteiger partial charge in [0.05, 0.1) is 24.3 Å². The van der Waals surface area contributed by atoms with Crippen LogP contribution in [0.2, 0.25) is 0 Å². The van der Waals surface area contributed by atoms with E-state index in [9.17, 15) is 39.6 Å². The predicted molar refractivity (Wildman–Crippen MR) is 121 cm³/mol. The summed E-state index contributed by atoms with van der Waals surface area (Å²) in [5.41, 5.74) is -1.19. The van der Waals surface area contributed by atoms with Crippen LogP contribution >= 0.6 is 23.5 Å². The van der Waals surface area contributed by atoms with E-state index in [-0.39, 0.29) is 23.5 Å². The van der Waals surface area contributed by atoms with Crippen molar-refractivity contribution < 1.29 is 30.0 Å². The van der Waals surface area contributed by atoms with Crippen LogP contribution in [0.1, 0.15) is 38.8 Å². The molecule has 0 aromatic carbocycles. The smallest absolute Gasteiger partial charge is 0.311 e. The standard InChI is InChI=1S/C20H26N2O8S2/c1-7(23)13(19(27)28)9-5-11(31-3)15-18(26)22-10(14(8(2)24)20(29)30)6-12(32-4)16(22)17(25)21(9)15/h7-10,13-14,23-24H,5-6H2,1-4H3,(H,27,28)(H,29,30). The maximum atomic E-state index is 13.7. The average molecular weight is 487 g/mol. The summed E-state index contributed by atoms with van der Waals surface area (Å²) in [7, 11) is 0. The molecule has 0 fully saturated rings. The normalized spacial score (nSPS) is 23.4. The van der Waals surface area contributed by atoms with Gasteiger partial charge in [0, 0.05) is 22.7 Å². The van der Waals surface area contributed by atoms with Crippen molar-refractivity contribution in [2.45, 2.75) is 51.0 Å². The fraction of sp³-hybridized carbons (Fsp3) is 0.600. The molecule has 10 nitrogen and oxygen atoms in total. The lowest BCUT2D eigenvalue weighted by Gasteiger charge is -2.26. The fourth-order valence-corrected chi connectivity index (χ4v) is 6.29. The molecule has 2 aliphatic rings. The first kappa shape index (κ1) is 24.6. The highest BCUT2D eigenvalue weighted by Gasteiger charge is 2.43.